The van der Waals surface area contributed by atoms with Crippen molar-refractivity contribution in [3.63, 3.8) is 0 Å². The van der Waals surface area contributed by atoms with Crippen molar-refractivity contribution in [1.82, 2.24) is 14.9 Å². The van der Waals surface area contributed by atoms with Crippen molar-refractivity contribution in [2.45, 2.75) is 26.7 Å². The molecule has 1 fully saturated rings. The molecule has 0 saturated carbocycles. The number of aromatic nitrogens is 2. The first kappa shape index (κ1) is 17.8. The van der Waals surface area contributed by atoms with E-state index in [4.69, 9.17) is 0 Å². The molecule has 1 amide bonds. The predicted molar refractivity (Wildman–Crippen MR) is 65.8 cm³/mol. The Hall–Kier alpha value is -0.214. The quantitative estimate of drug-likeness (QED) is 0.587. The van der Waals surface area contributed by atoms with E-state index in [1.807, 2.05) is 6.92 Å². The zero-order valence-corrected chi connectivity index (χ0v) is 15.3. The van der Waals surface area contributed by atoms with E-state index >= 15 is 0 Å². The summed E-state index contributed by atoms with van der Waals surface area (Å²) in [5.74, 6) is -1.28. The second-order valence-electron chi connectivity index (χ2n) is 5.54. The van der Waals surface area contributed by atoms with Gasteiger partial charge in [0.15, 0.2) is 0 Å². The molecule has 1 N–H and O–H groups in total. The maximum absolute atomic E-state index is 12.3. The third-order valence-electron chi connectivity index (χ3n) is 3.78. The van der Waals surface area contributed by atoms with Crippen molar-refractivity contribution in [1.29, 1.82) is 0 Å². The second kappa shape index (κ2) is 7.17. The normalized spacial score (nSPS) is 23.2. The first-order chi connectivity index (χ1) is 8.92. The van der Waals surface area contributed by atoms with Crippen molar-refractivity contribution in [2.75, 3.05) is 13.1 Å². The summed E-state index contributed by atoms with van der Waals surface area (Å²) in [7, 11) is 0. The zero-order chi connectivity index (χ0) is 14.0. The smallest absolute Gasteiger partial charge is 0.549 e. The molecular weight excluding hydrogens is 285 g/mol. The molecule has 0 aliphatic carbocycles. The van der Waals surface area contributed by atoms with Gasteiger partial charge in [0, 0.05) is 48.7 Å². The van der Waals surface area contributed by atoms with Gasteiger partial charge in [-0.25, -0.2) is 4.98 Å². The number of imidazole rings is 1. The monoisotopic (exact) mass is 303 g/mol. The number of H-pyrrole nitrogens is 1. The van der Waals surface area contributed by atoms with Crippen LogP contribution in [-0.2, 0) is 16.0 Å². The summed E-state index contributed by atoms with van der Waals surface area (Å²) >= 11 is 0. The minimum Gasteiger partial charge on any atom is -0.549 e. The molecule has 2 rings (SSSR count). The van der Waals surface area contributed by atoms with E-state index in [0.717, 1.165) is 5.69 Å². The Morgan fingerprint density at radius 1 is 1.60 bits per heavy atom. The van der Waals surface area contributed by atoms with Crippen LogP contribution in [0.3, 0.4) is 0 Å². The number of rotatable bonds is 4. The van der Waals surface area contributed by atoms with E-state index in [-0.39, 0.29) is 69.8 Å². The van der Waals surface area contributed by atoms with Crippen LogP contribution in [0.15, 0.2) is 12.5 Å². The molecule has 1 saturated heterocycles. The summed E-state index contributed by atoms with van der Waals surface area (Å²) in [6.45, 7) is 4.20. The molecule has 1 aromatic heterocycles. The van der Waals surface area contributed by atoms with Gasteiger partial charge in [0.2, 0.25) is 5.91 Å². The SMILES string of the molecule is CC(Cc1cnc[nH]1)C(=O)N1CCC(C)(C(=O)[O-])C1.[K+]. The summed E-state index contributed by atoms with van der Waals surface area (Å²) in [5, 5.41) is 11.1. The summed E-state index contributed by atoms with van der Waals surface area (Å²) in [6, 6.07) is 0. The van der Waals surface area contributed by atoms with Crippen LogP contribution in [0.5, 0.6) is 0 Å². The van der Waals surface area contributed by atoms with Gasteiger partial charge in [-0.2, -0.15) is 0 Å². The number of carbonyl (C=O) groups excluding carboxylic acids is 2. The third kappa shape index (κ3) is 3.91. The molecule has 2 atom stereocenters. The number of hydrogen-bond acceptors (Lipinski definition) is 4. The minimum absolute atomic E-state index is 0. The predicted octanol–water partition coefficient (Wildman–Crippen LogP) is -3.42. The summed E-state index contributed by atoms with van der Waals surface area (Å²) in [6.07, 6.45) is 4.31. The molecule has 2 unspecified atom stereocenters. The first-order valence-corrected chi connectivity index (χ1v) is 6.40. The third-order valence-corrected chi connectivity index (χ3v) is 3.78. The Morgan fingerprint density at radius 3 is 2.80 bits per heavy atom. The van der Waals surface area contributed by atoms with Crippen LogP contribution < -0.4 is 56.5 Å². The zero-order valence-electron chi connectivity index (χ0n) is 12.2. The Kier molecular flexibility index (Phi) is 6.40. The van der Waals surface area contributed by atoms with Crippen LogP contribution in [0, 0.1) is 11.3 Å². The molecule has 104 valence electrons. The van der Waals surface area contributed by atoms with Gasteiger partial charge in [0.25, 0.3) is 0 Å². The maximum atomic E-state index is 12.3. The summed E-state index contributed by atoms with van der Waals surface area (Å²) in [5.41, 5.74) is -0.00804. The van der Waals surface area contributed by atoms with Crippen molar-refractivity contribution in [3.8, 4) is 0 Å². The molecule has 0 bridgehead atoms. The van der Waals surface area contributed by atoms with E-state index in [0.29, 0.717) is 19.4 Å². The number of likely N-dealkylation sites (tertiary alicyclic amines) is 1. The van der Waals surface area contributed by atoms with E-state index in [1.165, 1.54) is 0 Å². The Labute approximate surface area is 160 Å². The molecule has 0 aromatic carbocycles. The van der Waals surface area contributed by atoms with Crippen molar-refractivity contribution >= 4 is 11.9 Å². The van der Waals surface area contributed by atoms with Crippen LogP contribution >= 0.6 is 0 Å². The van der Waals surface area contributed by atoms with Crippen LogP contribution in [0.2, 0.25) is 0 Å². The molecule has 0 radical (unpaired) electrons. The number of amides is 1. The maximum Gasteiger partial charge on any atom is 1.00 e. The molecule has 0 spiro atoms. The first-order valence-electron chi connectivity index (χ1n) is 6.40. The number of hydrogen-bond donors (Lipinski definition) is 1. The van der Waals surface area contributed by atoms with Gasteiger partial charge < -0.3 is 19.8 Å². The van der Waals surface area contributed by atoms with Crippen LogP contribution in [0.25, 0.3) is 0 Å². The largest absolute Gasteiger partial charge is 1.00 e. The van der Waals surface area contributed by atoms with E-state index < -0.39 is 11.4 Å². The molecule has 6 nitrogen and oxygen atoms in total. The Balaban J connectivity index is 0.00000200. The average molecular weight is 303 g/mol. The molecule has 1 aromatic rings. The van der Waals surface area contributed by atoms with Crippen molar-refractivity contribution in [2.24, 2.45) is 11.3 Å². The number of nitrogens with zero attached hydrogens (tertiary/aromatic N) is 2. The number of aromatic amines is 1. The molecule has 20 heavy (non-hydrogen) atoms. The van der Waals surface area contributed by atoms with Crippen molar-refractivity contribution < 1.29 is 66.1 Å². The molecular formula is C13H18KN3O3. The molecule has 2 heterocycles. The van der Waals surface area contributed by atoms with Gasteiger partial charge in [-0.3, -0.25) is 4.79 Å². The van der Waals surface area contributed by atoms with Gasteiger partial charge in [-0.1, -0.05) is 13.8 Å². The Morgan fingerprint density at radius 2 is 2.30 bits per heavy atom. The number of carboxylic acid groups (broad SMARTS) is 1. The van der Waals surface area contributed by atoms with Gasteiger partial charge in [-0.15, -0.1) is 0 Å². The summed E-state index contributed by atoms with van der Waals surface area (Å²) in [4.78, 5) is 31.8. The fourth-order valence-corrected chi connectivity index (χ4v) is 2.44. The van der Waals surface area contributed by atoms with Gasteiger partial charge >= 0.3 is 51.4 Å². The van der Waals surface area contributed by atoms with E-state index in [2.05, 4.69) is 9.97 Å². The number of aliphatic carboxylic acids is 1. The fraction of sp³-hybridized carbons (Fsp3) is 0.615. The molecule has 1 aliphatic heterocycles. The van der Waals surface area contributed by atoms with Crippen LogP contribution in [-0.4, -0.2) is 39.8 Å². The molecule has 7 heteroatoms. The number of nitrogens with one attached hydrogen (secondary N) is 1. The van der Waals surface area contributed by atoms with Crippen LogP contribution in [0.1, 0.15) is 26.0 Å². The summed E-state index contributed by atoms with van der Waals surface area (Å²) < 4.78 is 0. The molecule has 1 aliphatic rings. The van der Waals surface area contributed by atoms with Gasteiger partial charge in [0.1, 0.15) is 0 Å². The van der Waals surface area contributed by atoms with Gasteiger partial charge in [-0.05, 0) is 6.42 Å². The number of carboxylic acids is 1. The van der Waals surface area contributed by atoms with E-state index in [1.54, 1.807) is 24.3 Å². The van der Waals surface area contributed by atoms with E-state index in [9.17, 15) is 14.7 Å². The van der Waals surface area contributed by atoms with Crippen molar-refractivity contribution in [3.05, 3.63) is 18.2 Å². The fourth-order valence-electron chi connectivity index (χ4n) is 2.44. The topological polar surface area (TPSA) is 89.1 Å². The number of carbonyl (C=O) groups is 2. The standard InChI is InChI=1S/C13H19N3O3.K/c1-9(5-10-6-14-8-15-10)11(17)16-4-3-13(2,7-16)12(18)19;/h6,8-9H,3-5,7H2,1-2H3,(H,14,15)(H,18,19);/q;+1/p-1. The van der Waals surface area contributed by atoms with Crippen LogP contribution in [0.4, 0.5) is 0 Å². The Bertz CT molecular complexity index is 477. The average Bonchev–Trinajstić information content (AvgIpc) is 2.98. The second-order valence-corrected chi connectivity index (χ2v) is 5.54. The van der Waals surface area contributed by atoms with Gasteiger partial charge in [0.05, 0.1) is 6.33 Å². The minimum atomic E-state index is -1.08.